The topological polar surface area (TPSA) is 43.9 Å². The van der Waals surface area contributed by atoms with Gasteiger partial charge in [-0.15, -0.1) is 11.6 Å². The first-order valence-electron chi connectivity index (χ1n) is 5.88. The molecular formula is C11H20ClN3O2. The number of halogens is 1. The summed E-state index contributed by atoms with van der Waals surface area (Å²) >= 11 is 5.43. The van der Waals surface area contributed by atoms with E-state index in [1.54, 1.807) is 7.05 Å². The Bertz CT molecular complexity index is 278. The maximum absolute atomic E-state index is 11.9. The normalized spacial score (nSPS) is 17.0. The van der Waals surface area contributed by atoms with Crippen molar-refractivity contribution in [1.82, 2.24) is 14.7 Å². The number of hydrogen-bond acceptors (Lipinski definition) is 3. The monoisotopic (exact) mass is 261 g/mol. The summed E-state index contributed by atoms with van der Waals surface area (Å²) in [5, 5.41) is 0. The molecule has 2 amide bonds. The van der Waals surface area contributed by atoms with Gasteiger partial charge in [-0.1, -0.05) is 6.92 Å². The fourth-order valence-corrected chi connectivity index (χ4v) is 2.01. The van der Waals surface area contributed by atoms with Gasteiger partial charge in [0.1, 0.15) is 5.88 Å². The molecule has 1 fully saturated rings. The molecular weight excluding hydrogens is 242 g/mol. The van der Waals surface area contributed by atoms with Crippen molar-refractivity contribution in [2.75, 3.05) is 52.2 Å². The lowest BCUT2D eigenvalue weighted by atomic mass is 10.3. The second-order valence-electron chi connectivity index (χ2n) is 4.20. The van der Waals surface area contributed by atoms with E-state index < -0.39 is 0 Å². The molecule has 0 bridgehead atoms. The van der Waals surface area contributed by atoms with Crippen molar-refractivity contribution in [3.05, 3.63) is 0 Å². The van der Waals surface area contributed by atoms with Gasteiger partial charge in [-0.3, -0.25) is 9.59 Å². The summed E-state index contributed by atoms with van der Waals surface area (Å²) in [5.74, 6) is -0.290. The first kappa shape index (κ1) is 14.3. The molecule has 1 rings (SSSR count). The van der Waals surface area contributed by atoms with Crippen molar-refractivity contribution in [3.8, 4) is 0 Å². The summed E-state index contributed by atoms with van der Waals surface area (Å²) < 4.78 is 0. The van der Waals surface area contributed by atoms with Crippen molar-refractivity contribution < 1.29 is 9.59 Å². The van der Waals surface area contributed by atoms with E-state index >= 15 is 0 Å². The molecule has 17 heavy (non-hydrogen) atoms. The largest absolute Gasteiger partial charge is 0.339 e. The Kier molecular flexibility index (Phi) is 5.71. The first-order valence-corrected chi connectivity index (χ1v) is 6.42. The minimum atomic E-state index is -0.216. The van der Waals surface area contributed by atoms with Crippen LogP contribution in [0.5, 0.6) is 0 Å². The highest BCUT2D eigenvalue weighted by Gasteiger charge is 2.22. The van der Waals surface area contributed by atoms with Crippen LogP contribution in [-0.4, -0.2) is 78.7 Å². The summed E-state index contributed by atoms with van der Waals surface area (Å²) in [5.41, 5.74) is 0. The van der Waals surface area contributed by atoms with Crippen LogP contribution in [-0.2, 0) is 9.59 Å². The lowest BCUT2D eigenvalue weighted by Gasteiger charge is -2.34. The van der Waals surface area contributed by atoms with Crippen molar-refractivity contribution in [3.63, 3.8) is 0 Å². The second kappa shape index (κ2) is 6.81. The number of hydrogen-bond donors (Lipinski definition) is 0. The summed E-state index contributed by atoms with van der Waals surface area (Å²) in [6.07, 6.45) is 0. The number of likely N-dealkylation sites (N-methyl/N-ethyl adjacent to an activating group) is 2. The van der Waals surface area contributed by atoms with Crippen LogP contribution in [0.1, 0.15) is 6.92 Å². The van der Waals surface area contributed by atoms with E-state index in [4.69, 9.17) is 11.6 Å². The van der Waals surface area contributed by atoms with Crippen LogP contribution in [0.3, 0.4) is 0 Å². The lowest BCUT2D eigenvalue weighted by Crippen LogP contribution is -2.51. The molecule has 0 N–H and O–H groups in total. The number of alkyl halides is 1. The van der Waals surface area contributed by atoms with Crippen molar-refractivity contribution in [1.29, 1.82) is 0 Å². The number of carbonyl (C=O) groups excluding carboxylic acids is 2. The molecule has 1 heterocycles. The average Bonchev–Trinajstić information content (AvgIpc) is 2.37. The van der Waals surface area contributed by atoms with Crippen molar-refractivity contribution >= 4 is 23.4 Å². The highest BCUT2D eigenvalue weighted by Crippen LogP contribution is 2.02. The average molecular weight is 262 g/mol. The highest BCUT2D eigenvalue weighted by molar-refractivity contribution is 6.27. The highest BCUT2D eigenvalue weighted by atomic mass is 35.5. The molecule has 0 aromatic rings. The molecule has 0 spiro atoms. The Hall–Kier alpha value is -0.810. The van der Waals surface area contributed by atoms with Crippen LogP contribution >= 0.6 is 11.6 Å². The van der Waals surface area contributed by atoms with Gasteiger partial charge < -0.3 is 14.7 Å². The van der Waals surface area contributed by atoms with Gasteiger partial charge in [-0.05, 0) is 6.54 Å². The third-order valence-electron chi connectivity index (χ3n) is 3.08. The van der Waals surface area contributed by atoms with Gasteiger partial charge in [0, 0.05) is 33.2 Å². The van der Waals surface area contributed by atoms with E-state index in [-0.39, 0.29) is 24.2 Å². The SMILES string of the molecule is CCN1CCN(C(=O)CN(C)C(=O)CCl)CC1. The van der Waals surface area contributed by atoms with Gasteiger partial charge in [-0.2, -0.15) is 0 Å². The second-order valence-corrected chi connectivity index (χ2v) is 4.47. The van der Waals surface area contributed by atoms with Gasteiger partial charge >= 0.3 is 0 Å². The summed E-state index contributed by atoms with van der Waals surface area (Å²) in [4.78, 5) is 28.6. The molecule has 98 valence electrons. The predicted molar refractivity (Wildman–Crippen MR) is 67.1 cm³/mol. The fraction of sp³-hybridized carbons (Fsp3) is 0.818. The molecule has 1 aliphatic heterocycles. The van der Waals surface area contributed by atoms with E-state index in [1.807, 2.05) is 4.90 Å². The number of rotatable bonds is 4. The Morgan fingerprint density at radius 2 is 1.82 bits per heavy atom. The molecule has 0 atom stereocenters. The Labute approximate surface area is 107 Å². The van der Waals surface area contributed by atoms with Crippen LogP contribution in [0.4, 0.5) is 0 Å². The van der Waals surface area contributed by atoms with E-state index in [1.165, 1.54) is 4.90 Å². The van der Waals surface area contributed by atoms with Gasteiger partial charge in [0.15, 0.2) is 0 Å². The molecule has 5 nitrogen and oxygen atoms in total. The van der Waals surface area contributed by atoms with Crippen molar-refractivity contribution in [2.24, 2.45) is 0 Å². The molecule has 1 aliphatic rings. The van der Waals surface area contributed by atoms with Gasteiger partial charge in [0.2, 0.25) is 11.8 Å². The lowest BCUT2D eigenvalue weighted by molar-refractivity contribution is -0.139. The predicted octanol–water partition coefficient (Wildman–Crippen LogP) is -0.152. The first-order chi connectivity index (χ1) is 8.08. The van der Waals surface area contributed by atoms with Gasteiger partial charge in [0.25, 0.3) is 0 Å². The summed E-state index contributed by atoms with van der Waals surface area (Å²) in [7, 11) is 1.60. The van der Waals surface area contributed by atoms with Crippen LogP contribution in [0.15, 0.2) is 0 Å². The Morgan fingerprint density at radius 1 is 1.24 bits per heavy atom. The maximum Gasteiger partial charge on any atom is 0.242 e. The van der Waals surface area contributed by atoms with Crippen LogP contribution in [0.2, 0.25) is 0 Å². The van der Waals surface area contributed by atoms with E-state index in [2.05, 4.69) is 11.8 Å². The zero-order valence-electron chi connectivity index (χ0n) is 10.5. The number of piperazine rings is 1. The van der Waals surface area contributed by atoms with E-state index in [0.29, 0.717) is 0 Å². The number of nitrogens with zero attached hydrogens (tertiary/aromatic N) is 3. The molecule has 0 saturated carbocycles. The van der Waals surface area contributed by atoms with Crippen molar-refractivity contribution in [2.45, 2.75) is 6.92 Å². The molecule has 1 saturated heterocycles. The summed E-state index contributed by atoms with van der Waals surface area (Å²) in [6.45, 7) is 6.57. The minimum Gasteiger partial charge on any atom is -0.339 e. The van der Waals surface area contributed by atoms with Crippen LogP contribution in [0.25, 0.3) is 0 Å². The molecule has 0 aliphatic carbocycles. The third-order valence-corrected chi connectivity index (χ3v) is 3.31. The van der Waals surface area contributed by atoms with Crippen LogP contribution in [0, 0.1) is 0 Å². The van der Waals surface area contributed by atoms with Gasteiger partial charge in [0.05, 0.1) is 6.54 Å². The van der Waals surface area contributed by atoms with E-state index in [0.717, 1.165) is 32.7 Å². The number of carbonyl (C=O) groups is 2. The maximum atomic E-state index is 11.9. The zero-order valence-corrected chi connectivity index (χ0v) is 11.2. The molecule has 0 aromatic heterocycles. The van der Waals surface area contributed by atoms with Crippen LogP contribution < -0.4 is 0 Å². The molecule has 0 aromatic carbocycles. The smallest absolute Gasteiger partial charge is 0.242 e. The van der Waals surface area contributed by atoms with E-state index in [9.17, 15) is 9.59 Å². The zero-order chi connectivity index (χ0) is 12.8. The number of amides is 2. The molecule has 0 unspecified atom stereocenters. The minimum absolute atomic E-state index is 0.00159. The molecule has 6 heteroatoms. The summed E-state index contributed by atoms with van der Waals surface area (Å²) in [6, 6.07) is 0. The standard InChI is InChI=1S/C11H20ClN3O2/c1-3-14-4-6-15(7-5-14)11(17)9-13(2)10(16)8-12/h3-9H2,1-2H3. The Balaban J connectivity index is 2.36. The third kappa shape index (κ3) is 4.16. The van der Waals surface area contributed by atoms with Gasteiger partial charge in [-0.25, -0.2) is 0 Å². The fourth-order valence-electron chi connectivity index (χ4n) is 1.81. The quantitative estimate of drug-likeness (QED) is 0.661. The Morgan fingerprint density at radius 3 is 2.29 bits per heavy atom. The molecule has 0 radical (unpaired) electrons.